The van der Waals surface area contributed by atoms with Crippen LogP contribution in [-0.2, 0) is 0 Å². The third kappa shape index (κ3) is 7.93. The van der Waals surface area contributed by atoms with E-state index in [-0.39, 0.29) is 0 Å². The predicted molar refractivity (Wildman–Crippen MR) is 120 cm³/mol. The Labute approximate surface area is 167 Å². The van der Waals surface area contributed by atoms with Gasteiger partial charge in [0.15, 0.2) is 0 Å². The summed E-state index contributed by atoms with van der Waals surface area (Å²) in [7, 11) is 0. The van der Waals surface area contributed by atoms with Gasteiger partial charge >= 0.3 is 0 Å². The summed E-state index contributed by atoms with van der Waals surface area (Å²) in [6.45, 7) is 13.0. The van der Waals surface area contributed by atoms with Crippen molar-refractivity contribution >= 4 is 0 Å². The second-order valence-corrected chi connectivity index (χ2v) is 9.45. The van der Waals surface area contributed by atoms with Gasteiger partial charge in [-0.3, -0.25) is 0 Å². The lowest BCUT2D eigenvalue weighted by Crippen LogP contribution is -2.29. The fourth-order valence-electron chi connectivity index (χ4n) is 6.14. The summed E-state index contributed by atoms with van der Waals surface area (Å²) in [4.78, 5) is 0. The lowest BCUT2D eigenvalue weighted by Gasteiger charge is -2.40. The fourth-order valence-corrected chi connectivity index (χ4v) is 6.14. The van der Waals surface area contributed by atoms with Crippen molar-refractivity contribution < 1.29 is 0 Å². The maximum absolute atomic E-state index is 2.54. The molecule has 3 fully saturated rings. The molecule has 3 saturated carbocycles. The Bertz CT molecular complexity index is 306. The molecule has 156 valence electrons. The summed E-state index contributed by atoms with van der Waals surface area (Å²) < 4.78 is 0. The third-order valence-electron chi connectivity index (χ3n) is 7.63. The van der Waals surface area contributed by atoms with Gasteiger partial charge in [-0.15, -0.1) is 0 Å². The molecule has 0 radical (unpaired) electrons. The molecule has 0 bridgehead atoms. The molecule has 3 atom stereocenters. The Morgan fingerprint density at radius 3 is 1.54 bits per heavy atom. The van der Waals surface area contributed by atoms with Crippen LogP contribution in [0.1, 0.15) is 131 Å². The van der Waals surface area contributed by atoms with E-state index in [0.717, 1.165) is 35.5 Å². The Hall–Kier alpha value is 0. The molecule has 3 aliphatic carbocycles. The minimum absolute atomic E-state index is 0.999. The molecule has 0 aliphatic heterocycles. The van der Waals surface area contributed by atoms with Crippen molar-refractivity contribution in [1.82, 2.24) is 0 Å². The maximum Gasteiger partial charge on any atom is -0.0381 e. The van der Waals surface area contributed by atoms with Gasteiger partial charge in [-0.2, -0.15) is 0 Å². The van der Waals surface area contributed by atoms with E-state index in [1.807, 2.05) is 27.7 Å². The molecule has 0 aromatic rings. The number of rotatable bonds is 2. The number of hydrogen-bond acceptors (Lipinski definition) is 0. The maximum atomic E-state index is 2.54. The van der Waals surface area contributed by atoms with Crippen molar-refractivity contribution in [2.75, 3.05) is 0 Å². The highest BCUT2D eigenvalue weighted by Gasteiger charge is 2.33. The van der Waals surface area contributed by atoms with Crippen molar-refractivity contribution in [2.24, 2.45) is 35.5 Å². The van der Waals surface area contributed by atoms with Crippen LogP contribution >= 0.6 is 0 Å². The Morgan fingerprint density at radius 1 is 0.385 bits per heavy atom. The Morgan fingerprint density at radius 2 is 0.923 bits per heavy atom. The van der Waals surface area contributed by atoms with Gasteiger partial charge in [0.2, 0.25) is 0 Å². The van der Waals surface area contributed by atoms with Crippen molar-refractivity contribution in [1.29, 1.82) is 0 Å². The predicted octanol–water partition coefficient (Wildman–Crippen LogP) is 9.28. The summed E-state index contributed by atoms with van der Waals surface area (Å²) in [5.41, 5.74) is 0. The van der Waals surface area contributed by atoms with E-state index in [0.29, 0.717) is 0 Å². The molecule has 0 heterocycles. The highest BCUT2D eigenvalue weighted by molar-refractivity contribution is 4.84. The van der Waals surface area contributed by atoms with E-state index in [1.54, 1.807) is 44.9 Å². The highest BCUT2D eigenvalue weighted by atomic mass is 14.4. The fraction of sp³-hybridized carbons (Fsp3) is 1.00. The first-order valence-corrected chi connectivity index (χ1v) is 12.7. The van der Waals surface area contributed by atoms with Crippen LogP contribution in [0.25, 0.3) is 0 Å². The molecule has 3 aliphatic rings. The van der Waals surface area contributed by atoms with Gasteiger partial charge in [-0.1, -0.05) is 106 Å². The molecular weight excluding hydrogens is 312 g/mol. The summed E-state index contributed by atoms with van der Waals surface area (Å²) >= 11 is 0. The summed E-state index contributed by atoms with van der Waals surface area (Å²) in [5.74, 6) is 6.38. The lowest BCUT2D eigenvalue weighted by atomic mass is 9.65. The zero-order chi connectivity index (χ0) is 19.4. The monoisotopic (exact) mass is 364 g/mol. The molecule has 0 spiro atoms. The van der Waals surface area contributed by atoms with Crippen LogP contribution in [0.4, 0.5) is 0 Å². The molecule has 0 aromatic carbocycles. The SMILES string of the molecule is CC.CC.CC1CCC([C@H]2CCCC(C)C[C@@H](C3CCCCC3)C2)CC1. The zero-order valence-electron chi connectivity index (χ0n) is 19.4. The minimum Gasteiger partial charge on any atom is -0.0683 e. The second-order valence-electron chi connectivity index (χ2n) is 9.45. The van der Waals surface area contributed by atoms with Crippen molar-refractivity contribution in [3.63, 3.8) is 0 Å². The van der Waals surface area contributed by atoms with Crippen molar-refractivity contribution in [2.45, 2.75) is 131 Å². The first-order valence-electron chi connectivity index (χ1n) is 12.7. The molecular formula is C26H52. The summed E-state index contributed by atoms with van der Waals surface area (Å²) in [5, 5.41) is 0. The molecule has 0 amide bonds. The Balaban J connectivity index is 0.000000791. The van der Waals surface area contributed by atoms with Gasteiger partial charge in [0.25, 0.3) is 0 Å². The molecule has 1 unspecified atom stereocenters. The van der Waals surface area contributed by atoms with Gasteiger partial charge in [0.05, 0.1) is 0 Å². The summed E-state index contributed by atoms with van der Waals surface area (Å²) in [6.07, 6.45) is 21.6. The van der Waals surface area contributed by atoms with Crippen molar-refractivity contribution in [3.05, 3.63) is 0 Å². The van der Waals surface area contributed by atoms with Crippen LogP contribution in [0.2, 0.25) is 0 Å². The highest BCUT2D eigenvalue weighted by Crippen LogP contribution is 2.45. The quantitative estimate of drug-likeness (QED) is 0.458. The largest absolute Gasteiger partial charge is 0.0683 e. The van der Waals surface area contributed by atoms with Gasteiger partial charge in [0, 0.05) is 0 Å². The zero-order valence-corrected chi connectivity index (χ0v) is 19.4. The van der Waals surface area contributed by atoms with E-state index < -0.39 is 0 Å². The van der Waals surface area contributed by atoms with Gasteiger partial charge in [-0.25, -0.2) is 0 Å². The normalized spacial score (nSPS) is 36.5. The molecule has 26 heavy (non-hydrogen) atoms. The average molecular weight is 365 g/mol. The minimum atomic E-state index is 0.999. The number of hydrogen-bond donors (Lipinski definition) is 0. The van der Waals surface area contributed by atoms with E-state index in [2.05, 4.69) is 13.8 Å². The topological polar surface area (TPSA) is 0 Å². The van der Waals surface area contributed by atoms with Gasteiger partial charge in [0.1, 0.15) is 0 Å². The molecule has 0 saturated heterocycles. The van der Waals surface area contributed by atoms with Crippen molar-refractivity contribution in [3.8, 4) is 0 Å². The smallest absolute Gasteiger partial charge is 0.0381 e. The van der Waals surface area contributed by atoms with Gasteiger partial charge < -0.3 is 0 Å². The van der Waals surface area contributed by atoms with E-state index >= 15 is 0 Å². The van der Waals surface area contributed by atoms with Crippen LogP contribution in [0.3, 0.4) is 0 Å². The van der Waals surface area contributed by atoms with Gasteiger partial charge in [-0.05, 0) is 61.2 Å². The first-order chi connectivity index (χ1) is 12.7. The molecule has 0 N–H and O–H groups in total. The molecule has 0 heteroatoms. The average Bonchev–Trinajstić information content (AvgIpc) is 2.69. The van der Waals surface area contributed by atoms with Crippen LogP contribution in [0.15, 0.2) is 0 Å². The molecule has 0 nitrogen and oxygen atoms in total. The standard InChI is InChI=1S/C22H40.2C2H6/c1-17-11-13-20(14-12-17)21-10-6-7-18(2)15-22(16-21)19-8-4-3-5-9-19;2*1-2/h17-22H,3-16H2,1-2H3;2*1-2H3/t17?,18?,20?,21-,22+;;/m0../s1. The molecule has 0 aromatic heterocycles. The van der Waals surface area contributed by atoms with E-state index in [9.17, 15) is 0 Å². The van der Waals surface area contributed by atoms with Crippen LogP contribution < -0.4 is 0 Å². The first kappa shape index (κ1) is 24.0. The van der Waals surface area contributed by atoms with E-state index in [1.165, 1.54) is 44.9 Å². The third-order valence-corrected chi connectivity index (χ3v) is 7.63. The second kappa shape index (κ2) is 14.1. The van der Waals surface area contributed by atoms with Crippen LogP contribution in [0, 0.1) is 35.5 Å². The molecule has 3 rings (SSSR count). The lowest BCUT2D eigenvalue weighted by molar-refractivity contribution is 0.109. The Kier molecular flexibility index (Phi) is 13.0. The van der Waals surface area contributed by atoms with Crippen LogP contribution in [0.5, 0.6) is 0 Å². The van der Waals surface area contributed by atoms with E-state index in [4.69, 9.17) is 0 Å². The summed E-state index contributed by atoms with van der Waals surface area (Å²) in [6, 6.07) is 0. The van der Waals surface area contributed by atoms with Crippen LogP contribution in [-0.4, -0.2) is 0 Å².